The normalized spacial score (nSPS) is 18.0. The monoisotopic (exact) mass is 382 g/mol. The van der Waals surface area contributed by atoms with Crippen LogP contribution in [0.25, 0.3) is 0 Å². The largest absolute Gasteiger partial charge is 0.486 e. The van der Waals surface area contributed by atoms with Crippen molar-refractivity contribution in [2.75, 3.05) is 30.3 Å². The average molecular weight is 382 g/mol. The van der Waals surface area contributed by atoms with Crippen LogP contribution in [-0.2, 0) is 14.8 Å². The molecule has 8 heteroatoms. The van der Waals surface area contributed by atoms with Crippen molar-refractivity contribution in [3.05, 3.63) is 18.2 Å². The fourth-order valence-electron chi connectivity index (χ4n) is 3.41. The molecule has 2 aliphatic rings. The van der Waals surface area contributed by atoms with Gasteiger partial charge < -0.3 is 14.8 Å². The summed E-state index contributed by atoms with van der Waals surface area (Å²) in [5.41, 5.74) is 0.396. The molecule has 1 saturated carbocycles. The number of hydrogen-bond donors (Lipinski definition) is 1. The summed E-state index contributed by atoms with van der Waals surface area (Å²) in [7, 11) is -3.61. The highest BCUT2D eigenvalue weighted by Gasteiger charge is 2.24. The molecule has 1 aliphatic heterocycles. The predicted octanol–water partition coefficient (Wildman–Crippen LogP) is 2.06. The van der Waals surface area contributed by atoms with E-state index in [4.69, 9.17) is 9.47 Å². The van der Waals surface area contributed by atoms with Gasteiger partial charge in [-0.25, -0.2) is 8.42 Å². The lowest BCUT2D eigenvalue weighted by Crippen LogP contribution is -2.44. The molecule has 144 valence electrons. The molecule has 1 N–H and O–H groups in total. The van der Waals surface area contributed by atoms with Crippen LogP contribution in [0, 0.1) is 0 Å². The molecule has 0 unspecified atom stereocenters. The summed E-state index contributed by atoms with van der Waals surface area (Å²) in [6.45, 7) is 0.637. The fraction of sp³-hybridized carbons (Fsp3) is 0.611. The second kappa shape index (κ2) is 8.16. The molecule has 0 aromatic heterocycles. The van der Waals surface area contributed by atoms with Crippen molar-refractivity contribution in [2.45, 2.75) is 44.6 Å². The molecule has 1 heterocycles. The number of carbonyl (C=O) groups excluding carboxylic acids is 1. The van der Waals surface area contributed by atoms with Gasteiger partial charge in [0.15, 0.2) is 11.5 Å². The maximum atomic E-state index is 12.5. The Morgan fingerprint density at radius 3 is 2.42 bits per heavy atom. The highest BCUT2D eigenvalue weighted by molar-refractivity contribution is 7.92. The minimum Gasteiger partial charge on any atom is -0.486 e. The molecule has 0 spiro atoms. The van der Waals surface area contributed by atoms with Gasteiger partial charge in [0, 0.05) is 12.1 Å². The maximum absolute atomic E-state index is 12.5. The number of rotatable bonds is 5. The number of nitrogens with one attached hydrogen (secondary N) is 1. The van der Waals surface area contributed by atoms with Crippen molar-refractivity contribution >= 4 is 21.6 Å². The van der Waals surface area contributed by atoms with Crippen molar-refractivity contribution in [1.29, 1.82) is 0 Å². The molecule has 7 nitrogen and oxygen atoms in total. The lowest BCUT2D eigenvalue weighted by atomic mass is 10.1. The van der Waals surface area contributed by atoms with Crippen LogP contribution in [0.15, 0.2) is 18.2 Å². The minimum absolute atomic E-state index is 0.131. The molecule has 0 bridgehead atoms. The van der Waals surface area contributed by atoms with Crippen molar-refractivity contribution < 1.29 is 22.7 Å². The average Bonchev–Trinajstić information content (AvgIpc) is 2.87. The van der Waals surface area contributed by atoms with Crippen molar-refractivity contribution in [2.24, 2.45) is 0 Å². The van der Waals surface area contributed by atoms with Gasteiger partial charge in [-0.2, -0.15) is 0 Å². The number of ether oxygens (including phenoxy) is 2. The topological polar surface area (TPSA) is 84.9 Å². The Labute approximate surface area is 154 Å². The molecule has 0 atom stereocenters. The SMILES string of the molecule is CS(=O)(=O)N(CC(=O)NC1CCCCCC1)c1ccc2c(c1)OCCO2. The zero-order valence-corrected chi connectivity index (χ0v) is 15.9. The summed E-state index contributed by atoms with van der Waals surface area (Å²) in [6.07, 6.45) is 7.59. The third-order valence-corrected chi connectivity index (χ3v) is 5.86. The smallest absolute Gasteiger partial charge is 0.240 e. The number of anilines is 1. The van der Waals surface area contributed by atoms with Gasteiger partial charge in [0.1, 0.15) is 19.8 Å². The Hall–Kier alpha value is -1.96. The van der Waals surface area contributed by atoms with E-state index in [1.165, 1.54) is 12.8 Å². The first-order valence-electron chi connectivity index (χ1n) is 9.10. The molecule has 3 rings (SSSR count). The lowest BCUT2D eigenvalue weighted by molar-refractivity contribution is -0.120. The Bertz CT molecular complexity index is 742. The van der Waals surface area contributed by atoms with Crippen LogP contribution < -0.4 is 19.1 Å². The highest BCUT2D eigenvalue weighted by Crippen LogP contribution is 2.34. The van der Waals surface area contributed by atoms with Crippen LogP contribution in [0.5, 0.6) is 11.5 Å². The predicted molar refractivity (Wildman–Crippen MR) is 99.3 cm³/mol. The summed E-state index contributed by atoms with van der Waals surface area (Å²) in [5.74, 6) is 0.792. The number of benzene rings is 1. The van der Waals surface area contributed by atoms with Crippen molar-refractivity contribution in [1.82, 2.24) is 5.32 Å². The van der Waals surface area contributed by atoms with Gasteiger partial charge in [-0.15, -0.1) is 0 Å². The number of sulfonamides is 1. The summed E-state index contributed by atoms with van der Waals surface area (Å²) in [4.78, 5) is 12.5. The number of carbonyl (C=O) groups is 1. The van der Waals surface area contributed by atoms with Gasteiger partial charge in [-0.3, -0.25) is 9.10 Å². The fourth-order valence-corrected chi connectivity index (χ4v) is 4.26. The van der Waals surface area contributed by atoms with Crippen LogP contribution in [0.1, 0.15) is 38.5 Å². The van der Waals surface area contributed by atoms with Gasteiger partial charge >= 0.3 is 0 Å². The van der Waals surface area contributed by atoms with E-state index < -0.39 is 10.0 Å². The van der Waals surface area contributed by atoms with Crippen LogP contribution in [0.4, 0.5) is 5.69 Å². The van der Waals surface area contributed by atoms with E-state index >= 15 is 0 Å². The van der Waals surface area contributed by atoms with E-state index in [2.05, 4.69) is 5.32 Å². The third kappa shape index (κ3) is 4.81. The Kier molecular flexibility index (Phi) is 5.90. The Balaban J connectivity index is 1.73. The third-order valence-electron chi connectivity index (χ3n) is 4.72. The molecule has 26 heavy (non-hydrogen) atoms. The first kappa shape index (κ1) is 18.8. The zero-order chi connectivity index (χ0) is 18.6. The highest BCUT2D eigenvalue weighted by atomic mass is 32.2. The van der Waals surface area contributed by atoms with Gasteiger partial charge in [0.2, 0.25) is 15.9 Å². The summed E-state index contributed by atoms with van der Waals surface area (Å²) < 4.78 is 36.6. The molecule has 1 amide bonds. The van der Waals surface area contributed by atoms with Crippen molar-refractivity contribution in [3.63, 3.8) is 0 Å². The Morgan fingerprint density at radius 2 is 1.77 bits per heavy atom. The molecule has 1 aliphatic carbocycles. The van der Waals surface area contributed by atoms with Gasteiger partial charge in [-0.05, 0) is 25.0 Å². The second-order valence-corrected chi connectivity index (χ2v) is 8.76. The summed E-state index contributed by atoms with van der Waals surface area (Å²) >= 11 is 0. The van der Waals surface area contributed by atoms with E-state index in [1.54, 1.807) is 18.2 Å². The quantitative estimate of drug-likeness (QED) is 0.788. The second-order valence-electron chi connectivity index (χ2n) is 6.85. The molecule has 1 fully saturated rings. The molecule has 1 aromatic rings. The number of nitrogens with zero attached hydrogens (tertiary/aromatic N) is 1. The van der Waals surface area contributed by atoms with E-state index in [1.807, 2.05) is 0 Å². The molecule has 1 aromatic carbocycles. The minimum atomic E-state index is -3.61. The van der Waals surface area contributed by atoms with Gasteiger partial charge in [0.05, 0.1) is 11.9 Å². The maximum Gasteiger partial charge on any atom is 0.240 e. The van der Waals surface area contributed by atoms with Gasteiger partial charge in [-0.1, -0.05) is 25.7 Å². The number of amides is 1. The molecule has 0 radical (unpaired) electrons. The first-order chi connectivity index (χ1) is 12.4. The zero-order valence-electron chi connectivity index (χ0n) is 15.1. The number of hydrogen-bond acceptors (Lipinski definition) is 5. The van der Waals surface area contributed by atoms with Crippen LogP contribution in [0.3, 0.4) is 0 Å². The molecule has 0 saturated heterocycles. The standard InChI is InChI=1S/C18H26N2O5S/c1-26(22,23)20(13-18(21)19-14-6-4-2-3-5-7-14)15-8-9-16-17(12-15)25-11-10-24-16/h8-9,12,14H,2-7,10-11,13H2,1H3,(H,19,21). The number of fused-ring (bicyclic) bond motifs is 1. The van der Waals surface area contributed by atoms with Crippen molar-refractivity contribution in [3.8, 4) is 11.5 Å². The molecular weight excluding hydrogens is 356 g/mol. The molecular formula is C18H26N2O5S. The summed E-state index contributed by atoms with van der Waals surface area (Å²) in [6, 6.07) is 5.04. The summed E-state index contributed by atoms with van der Waals surface area (Å²) in [5, 5.41) is 2.99. The first-order valence-corrected chi connectivity index (χ1v) is 10.9. The van der Waals surface area contributed by atoms with Crippen LogP contribution >= 0.6 is 0 Å². The van der Waals surface area contributed by atoms with E-state index in [-0.39, 0.29) is 18.5 Å². The van der Waals surface area contributed by atoms with Gasteiger partial charge in [0.25, 0.3) is 0 Å². The van der Waals surface area contributed by atoms with E-state index in [9.17, 15) is 13.2 Å². The van der Waals surface area contributed by atoms with Crippen LogP contribution in [0.2, 0.25) is 0 Å². The van der Waals surface area contributed by atoms with Crippen LogP contribution in [-0.4, -0.2) is 46.4 Å². The lowest BCUT2D eigenvalue weighted by Gasteiger charge is -2.25. The Morgan fingerprint density at radius 1 is 1.12 bits per heavy atom. The van der Waals surface area contributed by atoms with E-state index in [0.717, 1.165) is 36.2 Å². The van der Waals surface area contributed by atoms with E-state index in [0.29, 0.717) is 30.4 Å².